The Morgan fingerprint density at radius 2 is 1.57 bits per heavy atom. The molecule has 0 aliphatic rings. The van der Waals surface area contributed by atoms with Gasteiger partial charge in [-0.15, -0.1) is 5.10 Å². The highest BCUT2D eigenvalue weighted by Crippen LogP contribution is 2.41. The molecule has 3 aromatic rings. The van der Waals surface area contributed by atoms with Crippen LogP contribution in [-0.4, -0.2) is 41.7 Å². The maximum atomic E-state index is 5.35. The quantitative estimate of drug-likeness (QED) is 0.790. The van der Waals surface area contributed by atoms with Crippen molar-refractivity contribution in [1.82, 2.24) is 20.4 Å². The molecule has 108 valence electrons. The number of hydrogen-bond acceptors (Lipinski definition) is 6. The first-order valence-electron chi connectivity index (χ1n) is 6.23. The van der Waals surface area contributed by atoms with Crippen molar-refractivity contribution in [2.75, 3.05) is 21.3 Å². The topological polar surface area (TPSA) is 82.2 Å². The third-order valence-corrected chi connectivity index (χ3v) is 3.17. The smallest absolute Gasteiger partial charge is 0.203 e. The number of nitrogens with one attached hydrogen (secondary N) is 1. The molecular formula is C14H14N4O3. The molecule has 1 N–H and O–H groups in total. The zero-order valence-corrected chi connectivity index (χ0v) is 11.9. The first-order chi connectivity index (χ1) is 10.3. The molecule has 0 saturated heterocycles. The van der Waals surface area contributed by atoms with E-state index >= 15 is 0 Å². The van der Waals surface area contributed by atoms with Gasteiger partial charge in [0.2, 0.25) is 11.4 Å². The maximum Gasteiger partial charge on any atom is 0.203 e. The average Bonchev–Trinajstić information content (AvgIpc) is 3.00. The second kappa shape index (κ2) is 5.28. The minimum atomic E-state index is 0.555. The number of aromatic amines is 1. The summed E-state index contributed by atoms with van der Waals surface area (Å²) in [6.45, 7) is 0. The Hall–Kier alpha value is -2.83. The van der Waals surface area contributed by atoms with Crippen molar-refractivity contribution < 1.29 is 14.2 Å². The third kappa shape index (κ3) is 2.22. The van der Waals surface area contributed by atoms with Crippen LogP contribution in [0.3, 0.4) is 0 Å². The molecule has 0 atom stereocenters. The lowest BCUT2D eigenvalue weighted by molar-refractivity contribution is 0.324. The molecule has 0 bridgehead atoms. The van der Waals surface area contributed by atoms with Crippen LogP contribution in [0, 0.1) is 0 Å². The largest absolute Gasteiger partial charge is 0.493 e. The van der Waals surface area contributed by atoms with Crippen LogP contribution in [0.15, 0.2) is 24.4 Å². The molecule has 0 spiro atoms. The molecular weight excluding hydrogens is 272 g/mol. The summed E-state index contributed by atoms with van der Waals surface area (Å²) >= 11 is 0. The van der Waals surface area contributed by atoms with Crippen LogP contribution in [0.2, 0.25) is 0 Å². The van der Waals surface area contributed by atoms with E-state index in [1.165, 1.54) is 0 Å². The van der Waals surface area contributed by atoms with Gasteiger partial charge in [0.25, 0.3) is 0 Å². The summed E-state index contributed by atoms with van der Waals surface area (Å²) in [5, 5.41) is 10.5. The first-order valence-corrected chi connectivity index (χ1v) is 6.23. The molecule has 1 aromatic carbocycles. The second-order valence-corrected chi connectivity index (χ2v) is 4.30. The molecule has 0 amide bonds. The van der Waals surface area contributed by atoms with Gasteiger partial charge in [-0.05, 0) is 23.8 Å². The second-order valence-electron chi connectivity index (χ2n) is 4.30. The van der Waals surface area contributed by atoms with Gasteiger partial charge in [-0.2, -0.15) is 10.3 Å². The van der Waals surface area contributed by atoms with Crippen LogP contribution in [0.4, 0.5) is 0 Å². The van der Waals surface area contributed by atoms with E-state index < -0.39 is 0 Å². The lowest BCUT2D eigenvalue weighted by atomic mass is 10.1. The maximum absolute atomic E-state index is 5.35. The molecule has 21 heavy (non-hydrogen) atoms. The lowest BCUT2D eigenvalue weighted by Gasteiger charge is -2.14. The number of ether oxygens (including phenoxy) is 3. The van der Waals surface area contributed by atoms with E-state index in [0.717, 1.165) is 11.1 Å². The van der Waals surface area contributed by atoms with E-state index in [2.05, 4.69) is 20.4 Å². The van der Waals surface area contributed by atoms with Crippen molar-refractivity contribution in [2.45, 2.75) is 0 Å². The molecule has 2 aromatic heterocycles. The van der Waals surface area contributed by atoms with Crippen LogP contribution in [0.25, 0.3) is 22.3 Å². The summed E-state index contributed by atoms with van der Waals surface area (Å²) < 4.78 is 16.0. The highest BCUT2D eigenvalue weighted by Gasteiger charge is 2.14. The SMILES string of the molecule is COc1cc(-c2cnc3n[nH]nc3c2)cc(OC)c1OC. The molecule has 3 rings (SSSR count). The van der Waals surface area contributed by atoms with Crippen LogP contribution in [-0.2, 0) is 0 Å². The normalized spacial score (nSPS) is 10.6. The van der Waals surface area contributed by atoms with Crippen LogP contribution in [0.5, 0.6) is 17.2 Å². The summed E-state index contributed by atoms with van der Waals surface area (Å²) in [4.78, 5) is 4.25. The Morgan fingerprint density at radius 3 is 2.19 bits per heavy atom. The van der Waals surface area contributed by atoms with Crippen LogP contribution >= 0.6 is 0 Å². The van der Waals surface area contributed by atoms with Crippen molar-refractivity contribution in [2.24, 2.45) is 0 Å². The summed E-state index contributed by atoms with van der Waals surface area (Å²) in [5.74, 6) is 1.73. The molecule has 2 heterocycles. The zero-order chi connectivity index (χ0) is 14.8. The Kier molecular flexibility index (Phi) is 3.31. The number of nitrogens with zero attached hydrogens (tertiary/aromatic N) is 3. The fourth-order valence-electron chi connectivity index (χ4n) is 2.15. The predicted molar refractivity (Wildman–Crippen MR) is 76.8 cm³/mol. The molecule has 7 heteroatoms. The Balaban J connectivity index is 2.16. The first kappa shape index (κ1) is 13.2. The number of pyridine rings is 1. The van der Waals surface area contributed by atoms with Gasteiger partial charge < -0.3 is 14.2 Å². The number of aromatic nitrogens is 4. The van der Waals surface area contributed by atoms with Gasteiger partial charge in [0.15, 0.2) is 11.5 Å². The summed E-state index contributed by atoms with van der Waals surface area (Å²) in [6.07, 6.45) is 1.73. The number of rotatable bonds is 4. The van der Waals surface area contributed by atoms with E-state index in [1.807, 2.05) is 18.2 Å². The molecule has 0 unspecified atom stereocenters. The van der Waals surface area contributed by atoms with E-state index in [9.17, 15) is 0 Å². The van der Waals surface area contributed by atoms with Crippen molar-refractivity contribution in [3.63, 3.8) is 0 Å². The number of hydrogen-bond donors (Lipinski definition) is 1. The highest BCUT2D eigenvalue weighted by atomic mass is 16.5. The van der Waals surface area contributed by atoms with Crippen molar-refractivity contribution >= 4 is 11.2 Å². The van der Waals surface area contributed by atoms with E-state index in [0.29, 0.717) is 28.4 Å². The van der Waals surface area contributed by atoms with Gasteiger partial charge in [0, 0.05) is 11.8 Å². The zero-order valence-electron chi connectivity index (χ0n) is 11.9. The van der Waals surface area contributed by atoms with Crippen molar-refractivity contribution in [3.05, 3.63) is 24.4 Å². The predicted octanol–water partition coefficient (Wildman–Crippen LogP) is 2.05. The number of methoxy groups -OCH3 is 3. The summed E-state index contributed by atoms with van der Waals surface area (Å²) in [6, 6.07) is 5.63. The van der Waals surface area contributed by atoms with Gasteiger partial charge in [-0.25, -0.2) is 4.98 Å². The highest BCUT2D eigenvalue weighted by molar-refractivity contribution is 5.79. The number of H-pyrrole nitrogens is 1. The van der Waals surface area contributed by atoms with Gasteiger partial charge in [0.1, 0.15) is 5.52 Å². The van der Waals surface area contributed by atoms with E-state index in [1.54, 1.807) is 27.5 Å². The average molecular weight is 286 g/mol. The number of fused-ring (bicyclic) bond motifs is 1. The molecule has 0 aliphatic heterocycles. The van der Waals surface area contributed by atoms with Gasteiger partial charge >= 0.3 is 0 Å². The monoisotopic (exact) mass is 286 g/mol. The number of benzene rings is 1. The molecule has 0 saturated carbocycles. The molecule has 0 fully saturated rings. The fourth-order valence-corrected chi connectivity index (χ4v) is 2.15. The molecule has 7 nitrogen and oxygen atoms in total. The fraction of sp³-hybridized carbons (Fsp3) is 0.214. The summed E-state index contributed by atoms with van der Waals surface area (Å²) in [7, 11) is 4.74. The molecule has 0 radical (unpaired) electrons. The van der Waals surface area contributed by atoms with Gasteiger partial charge in [-0.3, -0.25) is 0 Å². The van der Waals surface area contributed by atoms with E-state index in [4.69, 9.17) is 14.2 Å². The Labute approximate surface area is 120 Å². The van der Waals surface area contributed by atoms with Gasteiger partial charge in [-0.1, -0.05) is 0 Å². The minimum Gasteiger partial charge on any atom is -0.493 e. The standard InChI is InChI=1S/C14H14N4O3/c1-19-11-5-8(6-12(20-2)13(11)21-3)9-4-10-14(15-7-9)17-18-16-10/h4-7H,1-3H3,(H,15,16,17,18). The summed E-state index contributed by atoms with van der Waals surface area (Å²) in [5.41, 5.74) is 3.05. The Morgan fingerprint density at radius 1 is 0.857 bits per heavy atom. The van der Waals surface area contributed by atoms with Crippen molar-refractivity contribution in [1.29, 1.82) is 0 Å². The van der Waals surface area contributed by atoms with Crippen LogP contribution < -0.4 is 14.2 Å². The minimum absolute atomic E-state index is 0.555. The molecule has 0 aliphatic carbocycles. The Bertz CT molecular complexity index is 760. The van der Waals surface area contributed by atoms with Gasteiger partial charge in [0.05, 0.1) is 21.3 Å². The van der Waals surface area contributed by atoms with Crippen molar-refractivity contribution in [3.8, 4) is 28.4 Å². The third-order valence-electron chi connectivity index (χ3n) is 3.17. The van der Waals surface area contributed by atoms with E-state index in [-0.39, 0.29) is 0 Å². The lowest BCUT2D eigenvalue weighted by Crippen LogP contribution is -1.95. The van der Waals surface area contributed by atoms with Crippen LogP contribution in [0.1, 0.15) is 0 Å².